The van der Waals surface area contributed by atoms with Crippen LogP contribution in [-0.2, 0) is 13.0 Å². The number of methoxy groups -OCH3 is 3. The maximum Gasteiger partial charge on any atom is 0.317 e. The molecule has 0 aromatic heterocycles. The molecule has 2 amide bonds. The Hall–Kier alpha value is -2.89. The molecule has 0 fully saturated rings. The van der Waals surface area contributed by atoms with Gasteiger partial charge in [-0.3, -0.25) is 0 Å². The van der Waals surface area contributed by atoms with Gasteiger partial charge in [0.15, 0.2) is 11.5 Å². The van der Waals surface area contributed by atoms with Crippen LogP contribution in [0.3, 0.4) is 0 Å². The first-order valence-corrected chi connectivity index (χ1v) is 8.98. The van der Waals surface area contributed by atoms with Gasteiger partial charge in [-0.25, -0.2) is 4.79 Å². The molecule has 0 saturated carbocycles. The van der Waals surface area contributed by atoms with Gasteiger partial charge in [0, 0.05) is 25.7 Å². The molecule has 146 valence electrons. The fourth-order valence-corrected chi connectivity index (χ4v) is 2.83. The molecule has 2 aromatic carbocycles. The molecule has 0 aliphatic carbocycles. The highest BCUT2D eigenvalue weighted by Crippen LogP contribution is 2.34. The lowest BCUT2D eigenvalue weighted by atomic mass is 10.1. The van der Waals surface area contributed by atoms with E-state index in [-0.39, 0.29) is 6.03 Å². The highest BCUT2D eigenvalue weighted by molar-refractivity contribution is 5.74. The summed E-state index contributed by atoms with van der Waals surface area (Å²) in [7, 11) is 4.80. The van der Waals surface area contributed by atoms with Crippen LogP contribution in [0.4, 0.5) is 4.79 Å². The number of nitrogens with one attached hydrogen (secondary N) is 1. The lowest BCUT2D eigenvalue weighted by Crippen LogP contribution is -2.40. The van der Waals surface area contributed by atoms with Crippen molar-refractivity contribution in [2.45, 2.75) is 19.9 Å². The third-order valence-electron chi connectivity index (χ3n) is 4.34. The van der Waals surface area contributed by atoms with Crippen molar-refractivity contribution >= 4 is 6.03 Å². The van der Waals surface area contributed by atoms with Crippen LogP contribution in [0.1, 0.15) is 18.1 Å². The molecule has 0 unspecified atom stereocenters. The normalized spacial score (nSPS) is 10.2. The second-order valence-corrected chi connectivity index (χ2v) is 6.00. The predicted molar refractivity (Wildman–Crippen MR) is 106 cm³/mol. The molecule has 0 heterocycles. The van der Waals surface area contributed by atoms with E-state index in [0.717, 1.165) is 11.1 Å². The summed E-state index contributed by atoms with van der Waals surface area (Å²) in [4.78, 5) is 14.3. The number of amides is 2. The second-order valence-electron chi connectivity index (χ2n) is 6.00. The van der Waals surface area contributed by atoms with Crippen molar-refractivity contribution in [1.82, 2.24) is 10.2 Å². The van der Waals surface area contributed by atoms with Gasteiger partial charge in [-0.15, -0.1) is 0 Å². The van der Waals surface area contributed by atoms with E-state index in [4.69, 9.17) is 14.2 Å². The molecule has 6 heteroatoms. The molecule has 0 bridgehead atoms. The lowest BCUT2D eigenvalue weighted by molar-refractivity contribution is 0.198. The van der Waals surface area contributed by atoms with Gasteiger partial charge in [-0.05, 0) is 30.5 Å². The first kappa shape index (κ1) is 20.4. The minimum absolute atomic E-state index is 0.0826. The molecule has 0 saturated heterocycles. The van der Waals surface area contributed by atoms with Crippen molar-refractivity contribution in [2.75, 3.05) is 34.4 Å². The number of carbonyl (C=O) groups is 1. The predicted octanol–water partition coefficient (Wildman–Crippen LogP) is 3.49. The average molecular weight is 372 g/mol. The molecule has 27 heavy (non-hydrogen) atoms. The number of benzene rings is 2. The van der Waals surface area contributed by atoms with E-state index < -0.39 is 0 Å². The molecule has 0 radical (unpaired) electrons. The Morgan fingerprint density at radius 2 is 1.59 bits per heavy atom. The fourth-order valence-electron chi connectivity index (χ4n) is 2.83. The maximum atomic E-state index is 12.5. The average Bonchev–Trinajstić information content (AvgIpc) is 2.72. The quantitative estimate of drug-likeness (QED) is 0.732. The lowest BCUT2D eigenvalue weighted by Gasteiger charge is -2.22. The summed E-state index contributed by atoms with van der Waals surface area (Å²) >= 11 is 0. The van der Waals surface area contributed by atoms with Gasteiger partial charge in [0.05, 0.1) is 21.3 Å². The third-order valence-corrected chi connectivity index (χ3v) is 4.34. The van der Waals surface area contributed by atoms with E-state index in [2.05, 4.69) is 5.32 Å². The third kappa shape index (κ3) is 5.54. The van der Waals surface area contributed by atoms with Crippen molar-refractivity contribution in [3.8, 4) is 17.2 Å². The van der Waals surface area contributed by atoms with Crippen molar-refractivity contribution in [2.24, 2.45) is 0 Å². The SMILES string of the molecule is CCN(Cc1ccccc1)C(=O)NCCc1cc(OC)c(OC)cc1OC. The van der Waals surface area contributed by atoms with Crippen molar-refractivity contribution in [3.05, 3.63) is 53.6 Å². The van der Waals surface area contributed by atoms with Crippen molar-refractivity contribution in [1.29, 1.82) is 0 Å². The van der Waals surface area contributed by atoms with E-state index in [1.165, 1.54) is 0 Å². The molecule has 0 atom stereocenters. The van der Waals surface area contributed by atoms with Crippen LogP contribution in [-0.4, -0.2) is 45.3 Å². The first-order valence-electron chi connectivity index (χ1n) is 8.98. The van der Waals surface area contributed by atoms with Crippen LogP contribution in [0.2, 0.25) is 0 Å². The minimum atomic E-state index is -0.0826. The monoisotopic (exact) mass is 372 g/mol. The molecular weight excluding hydrogens is 344 g/mol. The van der Waals surface area contributed by atoms with E-state index in [9.17, 15) is 4.79 Å². The number of rotatable bonds is 9. The summed E-state index contributed by atoms with van der Waals surface area (Å²) in [6.07, 6.45) is 0.623. The standard InChI is InChI=1S/C21H28N2O4/c1-5-23(15-16-9-7-6-8-10-16)21(24)22-12-11-17-13-19(26-3)20(27-4)14-18(17)25-2/h6-10,13-14H,5,11-12,15H2,1-4H3,(H,22,24). The van der Waals surface area contributed by atoms with Crippen LogP contribution in [0.5, 0.6) is 17.2 Å². The van der Waals surface area contributed by atoms with E-state index in [0.29, 0.717) is 43.3 Å². The summed E-state index contributed by atoms with van der Waals surface area (Å²) in [6, 6.07) is 13.6. The minimum Gasteiger partial charge on any atom is -0.496 e. The summed E-state index contributed by atoms with van der Waals surface area (Å²) in [6.45, 7) is 3.69. The Kier molecular flexibility index (Phi) is 7.79. The molecule has 2 rings (SSSR count). The summed E-state index contributed by atoms with van der Waals surface area (Å²) in [5.41, 5.74) is 2.05. The number of ether oxygens (including phenoxy) is 3. The van der Waals surface area contributed by atoms with E-state index >= 15 is 0 Å². The number of nitrogens with zero attached hydrogens (tertiary/aromatic N) is 1. The van der Waals surface area contributed by atoms with Crippen LogP contribution >= 0.6 is 0 Å². The molecule has 2 aromatic rings. The second kappa shape index (κ2) is 10.3. The first-order chi connectivity index (χ1) is 13.1. The van der Waals surface area contributed by atoms with Crippen LogP contribution < -0.4 is 19.5 Å². The highest BCUT2D eigenvalue weighted by atomic mass is 16.5. The molecule has 6 nitrogen and oxygen atoms in total. The highest BCUT2D eigenvalue weighted by Gasteiger charge is 2.14. The zero-order chi connectivity index (χ0) is 19.6. The van der Waals surface area contributed by atoms with E-state index in [1.807, 2.05) is 43.3 Å². The summed E-state index contributed by atoms with van der Waals surface area (Å²) in [5, 5.41) is 2.98. The number of hydrogen-bond acceptors (Lipinski definition) is 4. The van der Waals surface area contributed by atoms with Gasteiger partial charge < -0.3 is 24.4 Å². The van der Waals surface area contributed by atoms with Gasteiger partial charge in [0.2, 0.25) is 0 Å². The number of carbonyl (C=O) groups excluding carboxylic acids is 1. The maximum absolute atomic E-state index is 12.5. The Morgan fingerprint density at radius 3 is 2.19 bits per heavy atom. The molecule has 0 spiro atoms. The molecule has 0 aliphatic heterocycles. The smallest absolute Gasteiger partial charge is 0.317 e. The van der Waals surface area contributed by atoms with Crippen molar-refractivity contribution in [3.63, 3.8) is 0 Å². The number of hydrogen-bond donors (Lipinski definition) is 1. The Morgan fingerprint density at radius 1 is 0.963 bits per heavy atom. The van der Waals surface area contributed by atoms with Gasteiger partial charge in [0.25, 0.3) is 0 Å². The van der Waals surface area contributed by atoms with Gasteiger partial charge in [-0.1, -0.05) is 30.3 Å². The molecular formula is C21H28N2O4. The zero-order valence-electron chi connectivity index (χ0n) is 16.5. The Labute approximate surface area is 161 Å². The zero-order valence-corrected chi connectivity index (χ0v) is 16.5. The van der Waals surface area contributed by atoms with Crippen LogP contribution in [0, 0.1) is 0 Å². The van der Waals surface area contributed by atoms with Crippen molar-refractivity contribution < 1.29 is 19.0 Å². The summed E-state index contributed by atoms with van der Waals surface area (Å²) < 4.78 is 16.1. The fraction of sp³-hybridized carbons (Fsp3) is 0.381. The van der Waals surface area contributed by atoms with Gasteiger partial charge in [0.1, 0.15) is 5.75 Å². The Balaban J connectivity index is 1.97. The van der Waals surface area contributed by atoms with Crippen LogP contribution in [0.25, 0.3) is 0 Å². The topological polar surface area (TPSA) is 60.0 Å². The van der Waals surface area contributed by atoms with Crippen LogP contribution in [0.15, 0.2) is 42.5 Å². The van der Waals surface area contributed by atoms with E-state index in [1.54, 1.807) is 32.3 Å². The summed E-state index contributed by atoms with van der Waals surface area (Å²) in [5.74, 6) is 1.96. The molecule has 1 N–H and O–H groups in total. The molecule has 0 aliphatic rings. The van der Waals surface area contributed by atoms with Gasteiger partial charge >= 0.3 is 6.03 Å². The Bertz CT molecular complexity index is 734. The largest absolute Gasteiger partial charge is 0.496 e. The van der Waals surface area contributed by atoms with Gasteiger partial charge in [-0.2, -0.15) is 0 Å². The number of urea groups is 1.